The summed E-state index contributed by atoms with van der Waals surface area (Å²) in [4.78, 5) is 26.2. The molecule has 2 rings (SSSR count). The van der Waals surface area contributed by atoms with E-state index in [1.807, 2.05) is 25.1 Å². The van der Waals surface area contributed by atoms with Gasteiger partial charge in [0, 0.05) is 13.6 Å². The third-order valence-electron chi connectivity index (χ3n) is 4.12. The molecule has 0 aromatic heterocycles. The summed E-state index contributed by atoms with van der Waals surface area (Å²) < 4.78 is 18.7. The molecule has 1 N–H and O–H groups in total. The van der Waals surface area contributed by atoms with Gasteiger partial charge in [-0.2, -0.15) is 0 Å². The molecule has 0 aliphatic rings. The molecular formula is C20H23FN2O3. The van der Waals surface area contributed by atoms with E-state index in [9.17, 15) is 14.0 Å². The van der Waals surface area contributed by atoms with Gasteiger partial charge in [0.05, 0.1) is 0 Å². The molecule has 6 heteroatoms. The molecule has 0 saturated carbocycles. The quantitative estimate of drug-likeness (QED) is 0.828. The molecule has 0 spiro atoms. The number of likely N-dealkylation sites (N-methyl/N-ethyl adjacent to an activating group) is 1. The van der Waals surface area contributed by atoms with Crippen molar-refractivity contribution in [3.8, 4) is 5.75 Å². The van der Waals surface area contributed by atoms with Crippen LogP contribution in [0.15, 0.2) is 48.5 Å². The first-order valence-electron chi connectivity index (χ1n) is 8.36. The predicted molar refractivity (Wildman–Crippen MR) is 97.2 cm³/mol. The Hall–Kier alpha value is -2.89. The number of benzene rings is 2. The Kier molecular flexibility index (Phi) is 6.72. The molecule has 2 aromatic rings. The highest BCUT2D eigenvalue weighted by Gasteiger charge is 2.25. The van der Waals surface area contributed by atoms with E-state index in [1.165, 1.54) is 24.1 Å². The fourth-order valence-electron chi connectivity index (χ4n) is 2.52. The van der Waals surface area contributed by atoms with Crippen LogP contribution >= 0.6 is 0 Å². The Morgan fingerprint density at radius 3 is 2.42 bits per heavy atom. The van der Waals surface area contributed by atoms with E-state index in [0.717, 1.165) is 11.1 Å². The van der Waals surface area contributed by atoms with Gasteiger partial charge in [0.15, 0.2) is 6.61 Å². The van der Waals surface area contributed by atoms with Crippen LogP contribution in [0.3, 0.4) is 0 Å². The molecule has 138 valence electrons. The molecule has 0 radical (unpaired) electrons. The maximum Gasteiger partial charge on any atom is 0.261 e. The minimum Gasteiger partial charge on any atom is -0.484 e. The largest absolute Gasteiger partial charge is 0.484 e. The van der Waals surface area contributed by atoms with Crippen molar-refractivity contribution in [2.24, 2.45) is 0 Å². The van der Waals surface area contributed by atoms with Crippen molar-refractivity contribution in [1.82, 2.24) is 10.2 Å². The lowest BCUT2D eigenvalue weighted by Crippen LogP contribution is -2.48. The number of nitrogens with zero attached hydrogens (tertiary/aromatic N) is 1. The van der Waals surface area contributed by atoms with Crippen molar-refractivity contribution in [2.75, 3.05) is 13.7 Å². The van der Waals surface area contributed by atoms with Crippen LogP contribution in [0.5, 0.6) is 5.75 Å². The van der Waals surface area contributed by atoms with E-state index in [1.54, 1.807) is 25.1 Å². The summed E-state index contributed by atoms with van der Waals surface area (Å²) in [5.74, 6) is -0.339. The monoisotopic (exact) mass is 358 g/mol. The zero-order valence-electron chi connectivity index (χ0n) is 15.2. The summed E-state index contributed by atoms with van der Waals surface area (Å²) >= 11 is 0. The Morgan fingerprint density at radius 2 is 1.81 bits per heavy atom. The van der Waals surface area contributed by atoms with Crippen molar-refractivity contribution in [1.29, 1.82) is 0 Å². The third kappa shape index (κ3) is 5.05. The lowest BCUT2D eigenvalue weighted by molar-refractivity contribution is -0.142. The standard InChI is InChI=1S/C20H23FN2O3/c1-14-6-4-5-7-18(14)26-13-19(24)23(15(2)20(25)22-3)12-16-8-10-17(21)11-9-16/h4-11,15H,12-13H2,1-3H3,(H,22,25)/t15-/m1/s1. The number of rotatable bonds is 7. The van der Waals surface area contributed by atoms with E-state index >= 15 is 0 Å². The van der Waals surface area contributed by atoms with Gasteiger partial charge in [0.1, 0.15) is 17.6 Å². The van der Waals surface area contributed by atoms with Crippen LogP contribution in [0.25, 0.3) is 0 Å². The zero-order chi connectivity index (χ0) is 19.1. The molecule has 1 atom stereocenters. The highest BCUT2D eigenvalue weighted by Crippen LogP contribution is 2.17. The first-order valence-corrected chi connectivity index (χ1v) is 8.36. The second kappa shape index (κ2) is 8.99. The molecule has 0 heterocycles. The number of nitrogens with one attached hydrogen (secondary N) is 1. The van der Waals surface area contributed by atoms with Gasteiger partial charge >= 0.3 is 0 Å². The van der Waals surface area contributed by atoms with Gasteiger partial charge in [-0.1, -0.05) is 30.3 Å². The van der Waals surface area contributed by atoms with Crippen LogP contribution in [0.4, 0.5) is 4.39 Å². The summed E-state index contributed by atoms with van der Waals surface area (Å²) in [5.41, 5.74) is 1.65. The highest BCUT2D eigenvalue weighted by atomic mass is 19.1. The first kappa shape index (κ1) is 19.4. The second-order valence-electron chi connectivity index (χ2n) is 5.99. The molecule has 2 aromatic carbocycles. The van der Waals surface area contributed by atoms with Gasteiger partial charge in [-0.05, 0) is 43.2 Å². The average Bonchev–Trinajstić information content (AvgIpc) is 2.65. The van der Waals surface area contributed by atoms with Crippen LogP contribution in [0.2, 0.25) is 0 Å². The molecule has 0 bridgehead atoms. The maximum atomic E-state index is 13.1. The van der Waals surface area contributed by atoms with E-state index in [-0.39, 0.29) is 30.8 Å². The topological polar surface area (TPSA) is 58.6 Å². The number of aryl methyl sites for hydroxylation is 1. The Bertz CT molecular complexity index is 762. The summed E-state index contributed by atoms with van der Waals surface area (Å²) in [5, 5.41) is 2.54. The van der Waals surface area contributed by atoms with Crippen molar-refractivity contribution in [3.63, 3.8) is 0 Å². The van der Waals surface area contributed by atoms with Crippen molar-refractivity contribution in [2.45, 2.75) is 26.4 Å². The SMILES string of the molecule is CNC(=O)[C@@H](C)N(Cc1ccc(F)cc1)C(=O)COc1ccccc1C. The minimum absolute atomic E-state index is 0.185. The van der Waals surface area contributed by atoms with Crippen molar-refractivity contribution in [3.05, 3.63) is 65.5 Å². The average molecular weight is 358 g/mol. The van der Waals surface area contributed by atoms with Crippen molar-refractivity contribution >= 4 is 11.8 Å². The third-order valence-corrected chi connectivity index (χ3v) is 4.12. The Morgan fingerprint density at radius 1 is 1.15 bits per heavy atom. The first-order chi connectivity index (χ1) is 12.4. The number of ether oxygens (including phenoxy) is 1. The molecule has 2 amide bonds. The molecule has 0 saturated heterocycles. The number of carbonyl (C=O) groups excluding carboxylic acids is 2. The normalized spacial score (nSPS) is 11.5. The van der Waals surface area contributed by atoms with E-state index in [2.05, 4.69) is 5.32 Å². The molecular weight excluding hydrogens is 335 g/mol. The molecule has 0 aliphatic heterocycles. The molecule has 0 unspecified atom stereocenters. The Labute approximate surface area is 152 Å². The molecule has 0 aliphatic carbocycles. The lowest BCUT2D eigenvalue weighted by Gasteiger charge is -2.28. The fourth-order valence-corrected chi connectivity index (χ4v) is 2.52. The van der Waals surface area contributed by atoms with E-state index in [4.69, 9.17) is 4.74 Å². The van der Waals surface area contributed by atoms with Crippen LogP contribution in [-0.2, 0) is 16.1 Å². The highest BCUT2D eigenvalue weighted by molar-refractivity contribution is 5.87. The number of amides is 2. The smallest absolute Gasteiger partial charge is 0.261 e. The molecule has 26 heavy (non-hydrogen) atoms. The van der Waals surface area contributed by atoms with Gasteiger partial charge < -0.3 is 15.0 Å². The van der Waals surface area contributed by atoms with Gasteiger partial charge in [-0.15, -0.1) is 0 Å². The molecule has 5 nitrogen and oxygen atoms in total. The second-order valence-corrected chi connectivity index (χ2v) is 5.99. The summed E-state index contributed by atoms with van der Waals surface area (Å²) in [6.07, 6.45) is 0. The van der Waals surface area contributed by atoms with Crippen LogP contribution in [0, 0.1) is 12.7 Å². The Balaban J connectivity index is 2.13. The summed E-state index contributed by atoms with van der Waals surface area (Å²) in [6.45, 7) is 3.54. The van der Waals surface area contributed by atoms with Crippen LogP contribution in [-0.4, -0.2) is 36.4 Å². The maximum absolute atomic E-state index is 13.1. The fraction of sp³-hybridized carbons (Fsp3) is 0.300. The van der Waals surface area contributed by atoms with Crippen molar-refractivity contribution < 1.29 is 18.7 Å². The van der Waals surface area contributed by atoms with Gasteiger partial charge in [-0.25, -0.2) is 4.39 Å². The van der Waals surface area contributed by atoms with E-state index in [0.29, 0.717) is 5.75 Å². The summed E-state index contributed by atoms with van der Waals surface area (Å²) in [7, 11) is 1.52. The zero-order valence-corrected chi connectivity index (χ0v) is 15.2. The van der Waals surface area contributed by atoms with Gasteiger partial charge in [0.2, 0.25) is 5.91 Å². The number of hydrogen-bond acceptors (Lipinski definition) is 3. The number of hydrogen-bond donors (Lipinski definition) is 1. The van der Waals surface area contributed by atoms with E-state index < -0.39 is 6.04 Å². The van der Waals surface area contributed by atoms with Gasteiger partial charge in [0.25, 0.3) is 5.91 Å². The number of para-hydroxylation sites is 1. The predicted octanol–water partition coefficient (Wildman–Crippen LogP) is 2.68. The minimum atomic E-state index is -0.682. The number of halogens is 1. The summed E-state index contributed by atoms with van der Waals surface area (Å²) in [6, 6.07) is 12.5. The van der Waals surface area contributed by atoms with Gasteiger partial charge in [-0.3, -0.25) is 9.59 Å². The number of carbonyl (C=O) groups is 2. The molecule has 0 fully saturated rings. The van der Waals surface area contributed by atoms with Crippen LogP contribution < -0.4 is 10.1 Å². The lowest BCUT2D eigenvalue weighted by atomic mass is 10.1. The van der Waals surface area contributed by atoms with Crippen LogP contribution in [0.1, 0.15) is 18.1 Å².